The van der Waals surface area contributed by atoms with Crippen LogP contribution in [0.3, 0.4) is 0 Å². The Hall–Kier alpha value is -2.93. The number of anilines is 3. The van der Waals surface area contributed by atoms with Crippen molar-refractivity contribution < 1.29 is 9.90 Å². The van der Waals surface area contributed by atoms with Gasteiger partial charge in [-0.3, -0.25) is 4.90 Å². The Labute approximate surface area is 179 Å². The number of nitrogens with two attached hydrogens (primary N) is 1. The third-order valence-electron chi connectivity index (χ3n) is 6.06. The van der Waals surface area contributed by atoms with Crippen molar-refractivity contribution in [2.75, 3.05) is 55.0 Å². The molecule has 0 aromatic heterocycles. The zero-order valence-electron chi connectivity index (χ0n) is 18.3. The summed E-state index contributed by atoms with van der Waals surface area (Å²) in [6.45, 7) is 7.55. The van der Waals surface area contributed by atoms with Crippen LogP contribution in [0.15, 0.2) is 48.5 Å². The summed E-state index contributed by atoms with van der Waals surface area (Å²) in [4.78, 5) is 20.8. The number of piperazine rings is 1. The van der Waals surface area contributed by atoms with Crippen LogP contribution in [0.1, 0.15) is 13.8 Å². The number of carbonyl (C=O) groups excluding carboxylic acids is 1. The van der Waals surface area contributed by atoms with Crippen LogP contribution in [-0.4, -0.2) is 68.4 Å². The predicted octanol–water partition coefficient (Wildman–Crippen LogP) is 2.94. The lowest BCUT2D eigenvalue weighted by Crippen LogP contribution is -2.49. The van der Waals surface area contributed by atoms with Crippen LogP contribution in [0, 0.1) is 0 Å². The maximum absolute atomic E-state index is 12.7. The molecule has 0 radical (unpaired) electrons. The summed E-state index contributed by atoms with van der Waals surface area (Å²) in [6.07, 6.45) is 0. The van der Waals surface area contributed by atoms with Gasteiger partial charge in [0.2, 0.25) is 0 Å². The Balaban J connectivity index is 1.59. The predicted molar refractivity (Wildman–Crippen MR) is 124 cm³/mol. The number of likely N-dealkylation sites (N-methyl/N-ethyl adjacent to an activating group) is 1. The number of aromatic hydroxyl groups is 1. The molecule has 7 nitrogen and oxygen atoms in total. The summed E-state index contributed by atoms with van der Waals surface area (Å²) in [6, 6.07) is 15.3. The smallest absolute Gasteiger partial charge is 0.324 e. The van der Waals surface area contributed by atoms with Gasteiger partial charge in [-0.25, -0.2) is 4.79 Å². The molecule has 162 valence electrons. The number of carbonyl (C=O) groups is 1. The molecule has 1 heterocycles. The number of nitrogens with zero attached hydrogens (tertiary/aromatic N) is 4. The molecule has 0 bridgehead atoms. The van der Waals surface area contributed by atoms with Gasteiger partial charge >= 0.3 is 6.03 Å². The van der Waals surface area contributed by atoms with Crippen LogP contribution >= 0.6 is 0 Å². The van der Waals surface area contributed by atoms with Crippen molar-refractivity contribution >= 4 is 23.1 Å². The first kappa shape index (κ1) is 21.8. The van der Waals surface area contributed by atoms with Crippen molar-refractivity contribution in [1.82, 2.24) is 4.90 Å². The number of amides is 2. The maximum atomic E-state index is 12.7. The number of phenols is 1. The Morgan fingerprint density at radius 2 is 1.33 bits per heavy atom. The van der Waals surface area contributed by atoms with Gasteiger partial charge in [-0.05, 0) is 62.4 Å². The molecule has 1 aliphatic rings. The Bertz CT molecular complexity index is 830. The SMILES string of the molecule is C[C@H](N)[C@H](C)N(C)C(=O)N(C)c1ccc(N2CCN(c3ccc(O)cc3)CC2)cc1. The van der Waals surface area contributed by atoms with E-state index in [4.69, 9.17) is 5.73 Å². The summed E-state index contributed by atoms with van der Waals surface area (Å²) in [5, 5.41) is 9.46. The van der Waals surface area contributed by atoms with Gasteiger partial charge in [0.15, 0.2) is 0 Å². The average molecular weight is 412 g/mol. The van der Waals surface area contributed by atoms with Gasteiger partial charge in [0, 0.05) is 69.4 Å². The van der Waals surface area contributed by atoms with Gasteiger partial charge in [-0.2, -0.15) is 0 Å². The second-order valence-electron chi connectivity index (χ2n) is 8.06. The first-order chi connectivity index (χ1) is 14.3. The molecule has 2 amide bonds. The van der Waals surface area contributed by atoms with E-state index in [2.05, 4.69) is 21.9 Å². The molecule has 3 rings (SSSR count). The zero-order valence-corrected chi connectivity index (χ0v) is 18.3. The number of hydrogen-bond donors (Lipinski definition) is 2. The molecule has 1 fully saturated rings. The Morgan fingerprint density at radius 3 is 1.77 bits per heavy atom. The van der Waals surface area contributed by atoms with Crippen LogP contribution < -0.4 is 20.4 Å². The average Bonchev–Trinajstić information content (AvgIpc) is 2.77. The molecule has 0 saturated carbocycles. The maximum Gasteiger partial charge on any atom is 0.324 e. The van der Waals surface area contributed by atoms with Gasteiger partial charge in [-0.15, -0.1) is 0 Å². The fraction of sp³-hybridized carbons (Fsp3) is 0.435. The fourth-order valence-electron chi connectivity index (χ4n) is 3.65. The van der Waals surface area contributed by atoms with E-state index in [1.54, 1.807) is 36.0 Å². The van der Waals surface area contributed by atoms with E-state index in [0.29, 0.717) is 5.75 Å². The number of phenolic OH excluding ortho intramolecular Hbond substituents is 1. The largest absolute Gasteiger partial charge is 0.508 e. The molecule has 30 heavy (non-hydrogen) atoms. The van der Waals surface area contributed by atoms with Crippen LogP contribution in [0.25, 0.3) is 0 Å². The lowest BCUT2D eigenvalue weighted by Gasteiger charge is -2.37. The highest BCUT2D eigenvalue weighted by molar-refractivity contribution is 5.91. The number of rotatable bonds is 5. The number of benzene rings is 2. The standard InChI is InChI=1S/C23H33N5O2/c1-17(24)18(2)25(3)23(30)26(4)19-5-7-20(8-6-19)27-13-15-28(16-14-27)21-9-11-22(29)12-10-21/h5-12,17-18,29H,13-16,24H2,1-4H3/t17-,18-/m0/s1. The van der Waals surface area contributed by atoms with E-state index < -0.39 is 0 Å². The van der Waals surface area contributed by atoms with Gasteiger partial charge in [0.25, 0.3) is 0 Å². The number of hydrogen-bond acceptors (Lipinski definition) is 5. The molecular weight excluding hydrogens is 378 g/mol. The summed E-state index contributed by atoms with van der Waals surface area (Å²) in [7, 11) is 3.58. The Morgan fingerprint density at radius 1 is 0.900 bits per heavy atom. The van der Waals surface area contributed by atoms with Crippen LogP contribution in [0.2, 0.25) is 0 Å². The topological polar surface area (TPSA) is 76.3 Å². The highest BCUT2D eigenvalue weighted by Gasteiger charge is 2.23. The van der Waals surface area contributed by atoms with E-state index in [1.807, 2.05) is 38.1 Å². The highest BCUT2D eigenvalue weighted by atomic mass is 16.3. The number of urea groups is 1. The minimum absolute atomic E-state index is 0.0379. The van der Waals surface area contributed by atoms with Gasteiger partial charge in [0.05, 0.1) is 0 Å². The molecule has 2 aromatic carbocycles. The van der Waals surface area contributed by atoms with Crippen molar-refractivity contribution in [3.8, 4) is 5.75 Å². The van der Waals surface area contributed by atoms with Crippen molar-refractivity contribution in [3.05, 3.63) is 48.5 Å². The molecule has 3 N–H and O–H groups in total. The lowest BCUT2D eigenvalue weighted by atomic mass is 10.1. The highest BCUT2D eigenvalue weighted by Crippen LogP contribution is 2.25. The van der Waals surface area contributed by atoms with E-state index >= 15 is 0 Å². The molecule has 2 aromatic rings. The minimum Gasteiger partial charge on any atom is -0.508 e. The van der Waals surface area contributed by atoms with E-state index in [0.717, 1.165) is 43.2 Å². The first-order valence-electron chi connectivity index (χ1n) is 10.4. The van der Waals surface area contributed by atoms with Crippen molar-refractivity contribution in [2.45, 2.75) is 25.9 Å². The van der Waals surface area contributed by atoms with Crippen LogP contribution in [0.4, 0.5) is 21.9 Å². The van der Waals surface area contributed by atoms with Crippen LogP contribution in [0.5, 0.6) is 5.75 Å². The van der Waals surface area contributed by atoms with Gasteiger partial charge in [-0.1, -0.05) is 0 Å². The summed E-state index contributed by atoms with van der Waals surface area (Å²) in [5.41, 5.74) is 9.08. The molecule has 7 heteroatoms. The van der Waals surface area contributed by atoms with Gasteiger partial charge in [0.1, 0.15) is 5.75 Å². The minimum atomic E-state index is -0.0880. The summed E-state index contributed by atoms with van der Waals surface area (Å²) in [5.74, 6) is 0.291. The summed E-state index contributed by atoms with van der Waals surface area (Å²) < 4.78 is 0. The normalized spacial score (nSPS) is 16.2. The summed E-state index contributed by atoms with van der Waals surface area (Å²) >= 11 is 0. The second-order valence-corrected chi connectivity index (χ2v) is 8.06. The fourth-order valence-corrected chi connectivity index (χ4v) is 3.65. The molecule has 1 saturated heterocycles. The Kier molecular flexibility index (Phi) is 6.72. The quantitative estimate of drug-likeness (QED) is 0.791. The van der Waals surface area contributed by atoms with Crippen LogP contribution in [-0.2, 0) is 0 Å². The van der Waals surface area contributed by atoms with E-state index in [-0.39, 0.29) is 18.1 Å². The van der Waals surface area contributed by atoms with E-state index in [9.17, 15) is 9.90 Å². The van der Waals surface area contributed by atoms with Crippen molar-refractivity contribution in [2.24, 2.45) is 5.73 Å². The van der Waals surface area contributed by atoms with Crippen molar-refractivity contribution in [3.63, 3.8) is 0 Å². The van der Waals surface area contributed by atoms with Gasteiger partial charge < -0.3 is 25.5 Å². The monoisotopic (exact) mass is 411 g/mol. The third-order valence-corrected chi connectivity index (χ3v) is 6.06. The molecule has 0 unspecified atom stereocenters. The molecule has 0 spiro atoms. The lowest BCUT2D eigenvalue weighted by molar-refractivity contribution is 0.195. The molecule has 1 aliphatic heterocycles. The third kappa shape index (κ3) is 4.79. The second kappa shape index (κ2) is 9.26. The molecular formula is C23H33N5O2. The molecule has 0 aliphatic carbocycles. The van der Waals surface area contributed by atoms with E-state index in [1.165, 1.54) is 0 Å². The van der Waals surface area contributed by atoms with Crippen molar-refractivity contribution in [1.29, 1.82) is 0 Å². The molecule has 2 atom stereocenters. The zero-order chi connectivity index (χ0) is 21.8. The first-order valence-corrected chi connectivity index (χ1v) is 10.4.